The second-order valence-electron chi connectivity index (χ2n) is 5.41. The van der Waals surface area contributed by atoms with Gasteiger partial charge < -0.3 is 10.2 Å². The molecule has 0 atom stereocenters. The van der Waals surface area contributed by atoms with Crippen LogP contribution in [0.4, 0.5) is 18.3 Å². The highest BCUT2D eigenvalue weighted by atomic mass is 32.1. The number of nitrogens with zero attached hydrogens (tertiary/aromatic N) is 2. The monoisotopic (exact) mass is 335 g/mol. The Labute approximate surface area is 131 Å². The Balaban J connectivity index is 1.84. The largest absolute Gasteiger partial charge is 0.427 e. The van der Waals surface area contributed by atoms with E-state index in [1.807, 2.05) is 4.90 Å². The molecule has 124 valence electrons. The maximum Gasteiger partial charge on any atom is 0.427 e. The summed E-state index contributed by atoms with van der Waals surface area (Å²) in [5, 5.41) is 3.30. The van der Waals surface area contributed by atoms with E-state index in [4.69, 9.17) is 0 Å². The molecule has 0 bridgehead atoms. The molecule has 0 spiro atoms. The van der Waals surface area contributed by atoms with Crippen molar-refractivity contribution in [3.8, 4) is 0 Å². The highest BCUT2D eigenvalue weighted by Crippen LogP contribution is 2.37. The molecule has 1 aliphatic heterocycles. The van der Waals surface area contributed by atoms with Gasteiger partial charge in [0.05, 0.1) is 6.20 Å². The highest BCUT2D eigenvalue weighted by molar-refractivity contribution is 7.15. The predicted octanol–water partition coefficient (Wildman–Crippen LogP) is 3.29. The molecule has 0 saturated carbocycles. The number of anilines is 1. The molecule has 0 aliphatic carbocycles. The van der Waals surface area contributed by atoms with Crippen molar-refractivity contribution in [3.05, 3.63) is 11.1 Å². The molecule has 2 rings (SSSR count). The molecule has 1 fully saturated rings. The molecule has 22 heavy (non-hydrogen) atoms. The first kappa shape index (κ1) is 17.1. The summed E-state index contributed by atoms with van der Waals surface area (Å²) in [6.07, 6.45) is -0.164. The number of unbranched alkanes of at least 4 members (excludes halogenated alkanes) is 1. The van der Waals surface area contributed by atoms with E-state index in [1.165, 1.54) is 0 Å². The molecular formula is C14H20F3N3OS. The van der Waals surface area contributed by atoms with Gasteiger partial charge in [-0.1, -0.05) is 24.7 Å². The van der Waals surface area contributed by atoms with E-state index in [0.29, 0.717) is 48.9 Å². The molecule has 0 radical (unpaired) electrons. The number of aromatic nitrogens is 1. The third-order valence-corrected chi connectivity index (χ3v) is 4.84. The lowest BCUT2D eigenvalue weighted by Gasteiger charge is -2.31. The Morgan fingerprint density at radius 3 is 2.68 bits per heavy atom. The molecule has 8 heteroatoms. The zero-order valence-electron chi connectivity index (χ0n) is 12.4. The highest BCUT2D eigenvalue weighted by Gasteiger charge is 2.34. The van der Waals surface area contributed by atoms with Crippen molar-refractivity contribution >= 4 is 22.4 Å². The van der Waals surface area contributed by atoms with E-state index in [-0.39, 0.29) is 11.8 Å². The number of hydrogen-bond donors (Lipinski definition) is 1. The van der Waals surface area contributed by atoms with Crippen molar-refractivity contribution in [2.45, 2.75) is 38.8 Å². The number of carbonyl (C=O) groups excluding carboxylic acids is 1. The maximum atomic E-state index is 12.6. The van der Waals surface area contributed by atoms with Gasteiger partial charge in [-0.15, -0.1) is 0 Å². The van der Waals surface area contributed by atoms with Crippen molar-refractivity contribution in [2.24, 2.45) is 5.92 Å². The zero-order valence-corrected chi connectivity index (χ0v) is 13.3. The lowest BCUT2D eigenvalue weighted by Crippen LogP contribution is -2.40. The van der Waals surface area contributed by atoms with Crippen LogP contribution in [0.25, 0.3) is 0 Å². The maximum absolute atomic E-state index is 12.6. The molecule has 1 amide bonds. The molecule has 0 aromatic carbocycles. The molecular weight excluding hydrogens is 315 g/mol. The fraction of sp³-hybridized carbons (Fsp3) is 0.714. The van der Waals surface area contributed by atoms with Gasteiger partial charge in [-0.2, -0.15) is 13.2 Å². The number of hydrogen-bond acceptors (Lipinski definition) is 4. The molecule has 2 heterocycles. The molecule has 0 unspecified atom stereocenters. The lowest BCUT2D eigenvalue weighted by molar-refractivity contribution is -0.134. The van der Waals surface area contributed by atoms with Gasteiger partial charge in [-0.3, -0.25) is 4.79 Å². The fourth-order valence-electron chi connectivity index (χ4n) is 2.41. The van der Waals surface area contributed by atoms with E-state index >= 15 is 0 Å². The topological polar surface area (TPSA) is 45.2 Å². The van der Waals surface area contributed by atoms with Gasteiger partial charge in [0.25, 0.3) is 0 Å². The van der Waals surface area contributed by atoms with Crippen molar-refractivity contribution in [1.82, 2.24) is 10.3 Å². The molecule has 1 aliphatic rings. The van der Waals surface area contributed by atoms with E-state index in [9.17, 15) is 18.0 Å². The van der Waals surface area contributed by atoms with E-state index < -0.39 is 11.1 Å². The van der Waals surface area contributed by atoms with Gasteiger partial charge in [0.1, 0.15) is 4.88 Å². The van der Waals surface area contributed by atoms with Crippen LogP contribution in [0.5, 0.6) is 0 Å². The van der Waals surface area contributed by atoms with Crippen LogP contribution < -0.4 is 10.2 Å². The Hall–Kier alpha value is -1.31. The molecule has 1 N–H and O–H groups in total. The van der Waals surface area contributed by atoms with Crippen LogP contribution in [-0.2, 0) is 11.0 Å². The summed E-state index contributed by atoms with van der Waals surface area (Å²) in [6.45, 7) is 3.89. The SMILES string of the molecule is CCCCNC(=O)C1CCN(c2ncc(C(F)(F)F)s2)CC1. The van der Waals surface area contributed by atoms with Crippen LogP contribution in [0.15, 0.2) is 6.20 Å². The number of halogens is 3. The number of alkyl halides is 3. The van der Waals surface area contributed by atoms with Gasteiger partial charge in [0, 0.05) is 25.6 Å². The number of nitrogens with one attached hydrogen (secondary N) is 1. The van der Waals surface area contributed by atoms with Crippen molar-refractivity contribution in [2.75, 3.05) is 24.5 Å². The van der Waals surface area contributed by atoms with E-state index in [2.05, 4.69) is 17.2 Å². The fourth-order valence-corrected chi connectivity index (χ4v) is 3.24. The lowest BCUT2D eigenvalue weighted by atomic mass is 9.96. The summed E-state index contributed by atoms with van der Waals surface area (Å²) in [7, 11) is 0. The summed E-state index contributed by atoms with van der Waals surface area (Å²) in [6, 6.07) is 0. The van der Waals surface area contributed by atoms with Crippen LogP contribution in [0.3, 0.4) is 0 Å². The van der Waals surface area contributed by atoms with Gasteiger partial charge >= 0.3 is 6.18 Å². The van der Waals surface area contributed by atoms with Gasteiger partial charge in [0.2, 0.25) is 5.91 Å². The van der Waals surface area contributed by atoms with Gasteiger partial charge in [-0.25, -0.2) is 4.98 Å². The van der Waals surface area contributed by atoms with Crippen LogP contribution >= 0.6 is 11.3 Å². The summed E-state index contributed by atoms with van der Waals surface area (Å²) in [5.74, 6) is 0.0124. The second kappa shape index (κ2) is 7.30. The minimum Gasteiger partial charge on any atom is -0.356 e. The van der Waals surface area contributed by atoms with Crippen molar-refractivity contribution in [1.29, 1.82) is 0 Å². The standard InChI is InChI=1S/C14H20F3N3OS/c1-2-3-6-18-12(21)10-4-7-20(8-5-10)13-19-9-11(22-13)14(15,16)17/h9-10H,2-8H2,1H3,(H,18,21). The predicted molar refractivity (Wildman–Crippen MR) is 80.0 cm³/mol. The molecule has 1 saturated heterocycles. The summed E-state index contributed by atoms with van der Waals surface area (Å²) in [4.78, 5) is 17.0. The zero-order chi connectivity index (χ0) is 16.2. The number of amides is 1. The van der Waals surface area contributed by atoms with E-state index in [1.54, 1.807) is 0 Å². The summed E-state index contributed by atoms with van der Waals surface area (Å²) < 4.78 is 37.7. The molecule has 1 aromatic heterocycles. The van der Waals surface area contributed by atoms with Crippen LogP contribution in [0, 0.1) is 5.92 Å². The third-order valence-electron chi connectivity index (χ3n) is 3.74. The van der Waals surface area contributed by atoms with Crippen molar-refractivity contribution in [3.63, 3.8) is 0 Å². The minimum absolute atomic E-state index is 0.0462. The third kappa shape index (κ3) is 4.34. The normalized spacial score (nSPS) is 16.8. The Morgan fingerprint density at radius 2 is 2.14 bits per heavy atom. The average Bonchev–Trinajstić information content (AvgIpc) is 2.97. The van der Waals surface area contributed by atoms with Crippen LogP contribution in [0.2, 0.25) is 0 Å². The number of rotatable bonds is 5. The van der Waals surface area contributed by atoms with Gasteiger partial charge in [-0.05, 0) is 19.3 Å². The number of thiazole rings is 1. The number of carbonyl (C=O) groups is 1. The first-order chi connectivity index (χ1) is 10.4. The first-order valence-electron chi connectivity index (χ1n) is 7.47. The Bertz CT molecular complexity index is 496. The van der Waals surface area contributed by atoms with Crippen LogP contribution in [-0.4, -0.2) is 30.5 Å². The molecule has 4 nitrogen and oxygen atoms in total. The Morgan fingerprint density at radius 1 is 1.45 bits per heavy atom. The molecule has 1 aromatic rings. The minimum atomic E-state index is -4.34. The first-order valence-corrected chi connectivity index (χ1v) is 8.29. The van der Waals surface area contributed by atoms with Crippen molar-refractivity contribution < 1.29 is 18.0 Å². The quantitative estimate of drug-likeness (QED) is 0.840. The summed E-state index contributed by atoms with van der Waals surface area (Å²) >= 11 is 0.662. The number of piperidine rings is 1. The average molecular weight is 335 g/mol. The van der Waals surface area contributed by atoms with Crippen LogP contribution in [0.1, 0.15) is 37.5 Å². The Kier molecular flexibility index (Phi) is 5.66. The second-order valence-corrected chi connectivity index (χ2v) is 6.42. The summed E-state index contributed by atoms with van der Waals surface area (Å²) in [5.41, 5.74) is 0. The van der Waals surface area contributed by atoms with Gasteiger partial charge in [0.15, 0.2) is 5.13 Å². The van der Waals surface area contributed by atoms with E-state index in [0.717, 1.165) is 19.0 Å². The smallest absolute Gasteiger partial charge is 0.356 e.